The Kier molecular flexibility index (Phi) is 5.25. The summed E-state index contributed by atoms with van der Waals surface area (Å²) in [5, 5.41) is 9.89. The Balaban J connectivity index is 2.24. The van der Waals surface area contributed by atoms with Crippen LogP contribution in [0.15, 0.2) is 36.4 Å². The summed E-state index contributed by atoms with van der Waals surface area (Å²) in [6, 6.07) is 10.4. The Bertz CT molecular complexity index is 692. The first-order valence-electron chi connectivity index (χ1n) is 6.90. The summed E-state index contributed by atoms with van der Waals surface area (Å²) in [4.78, 5) is 11.4. The van der Waals surface area contributed by atoms with Crippen LogP contribution in [0.4, 0.5) is 0 Å². The van der Waals surface area contributed by atoms with Crippen LogP contribution in [0.1, 0.15) is 21.5 Å². The smallest absolute Gasteiger partial charge is 0.337 e. The number of benzene rings is 2. The van der Waals surface area contributed by atoms with E-state index in [1.165, 1.54) is 21.3 Å². The van der Waals surface area contributed by atoms with E-state index in [4.69, 9.17) is 9.47 Å². The molecule has 0 aliphatic carbocycles. The van der Waals surface area contributed by atoms with Crippen LogP contribution in [0.3, 0.4) is 0 Å². The molecule has 2 aromatic rings. The molecule has 0 fully saturated rings. The summed E-state index contributed by atoms with van der Waals surface area (Å²) in [5.74, 6) is 0.276. The van der Waals surface area contributed by atoms with Crippen LogP contribution in [-0.4, -0.2) is 32.4 Å². The van der Waals surface area contributed by atoms with Gasteiger partial charge in [0.05, 0.1) is 26.9 Å². The summed E-state index contributed by atoms with van der Waals surface area (Å²) >= 11 is 0. The summed E-state index contributed by atoms with van der Waals surface area (Å²) in [5.41, 5.74) is 2.23. The fourth-order valence-corrected chi connectivity index (χ4v) is 2.05. The Labute approximate surface area is 134 Å². The SMILES string of the molecule is COC(=O)c1ccc(C=Cc2cc(OC)c(O)c(OC)c2)cc1. The highest BCUT2D eigenvalue weighted by atomic mass is 16.5. The predicted molar refractivity (Wildman–Crippen MR) is 87.9 cm³/mol. The highest BCUT2D eigenvalue weighted by Gasteiger charge is 2.09. The van der Waals surface area contributed by atoms with E-state index in [1.807, 2.05) is 24.3 Å². The number of esters is 1. The Morgan fingerprint density at radius 2 is 1.43 bits per heavy atom. The van der Waals surface area contributed by atoms with Gasteiger partial charge in [0.2, 0.25) is 5.75 Å². The van der Waals surface area contributed by atoms with Crippen LogP contribution in [0.25, 0.3) is 12.2 Å². The van der Waals surface area contributed by atoms with E-state index in [1.54, 1.807) is 24.3 Å². The lowest BCUT2D eigenvalue weighted by molar-refractivity contribution is 0.0600. The van der Waals surface area contributed by atoms with Crippen molar-refractivity contribution in [2.24, 2.45) is 0 Å². The first kappa shape index (κ1) is 16.4. The second-order valence-electron chi connectivity index (χ2n) is 4.72. The molecular formula is C18H18O5. The van der Waals surface area contributed by atoms with E-state index in [2.05, 4.69) is 4.74 Å². The summed E-state index contributed by atoms with van der Waals surface area (Å²) in [7, 11) is 4.31. The van der Waals surface area contributed by atoms with Gasteiger partial charge in [0, 0.05) is 0 Å². The molecule has 2 rings (SSSR count). The molecule has 0 aliphatic rings. The fraction of sp³-hybridized carbons (Fsp3) is 0.167. The van der Waals surface area contributed by atoms with Crippen LogP contribution in [0, 0.1) is 0 Å². The molecule has 0 radical (unpaired) electrons. The van der Waals surface area contributed by atoms with Gasteiger partial charge in [0.25, 0.3) is 0 Å². The van der Waals surface area contributed by atoms with Crippen LogP contribution < -0.4 is 9.47 Å². The highest BCUT2D eigenvalue weighted by molar-refractivity contribution is 5.89. The maximum atomic E-state index is 11.4. The molecule has 0 aromatic heterocycles. The molecule has 0 heterocycles. The normalized spacial score (nSPS) is 10.6. The molecule has 0 saturated heterocycles. The number of hydrogen-bond acceptors (Lipinski definition) is 5. The standard InChI is InChI=1S/C18H18O5/c1-21-15-10-13(11-16(22-2)17(15)19)5-4-12-6-8-14(9-7-12)18(20)23-3/h4-11,19H,1-3H3. The van der Waals surface area contributed by atoms with Crippen molar-refractivity contribution in [1.82, 2.24) is 0 Å². The first-order valence-corrected chi connectivity index (χ1v) is 6.90. The fourth-order valence-electron chi connectivity index (χ4n) is 2.05. The lowest BCUT2D eigenvalue weighted by Gasteiger charge is -2.09. The minimum Gasteiger partial charge on any atom is -0.502 e. The number of hydrogen-bond donors (Lipinski definition) is 1. The quantitative estimate of drug-likeness (QED) is 0.677. The van der Waals surface area contributed by atoms with Crippen molar-refractivity contribution in [2.75, 3.05) is 21.3 Å². The third-order valence-electron chi connectivity index (χ3n) is 3.30. The second-order valence-corrected chi connectivity index (χ2v) is 4.72. The molecule has 0 atom stereocenters. The number of carbonyl (C=O) groups is 1. The van der Waals surface area contributed by atoms with Crippen molar-refractivity contribution in [3.63, 3.8) is 0 Å². The van der Waals surface area contributed by atoms with Gasteiger partial charge in [-0.25, -0.2) is 4.79 Å². The number of rotatable bonds is 5. The second kappa shape index (κ2) is 7.35. The van der Waals surface area contributed by atoms with Crippen LogP contribution in [0.2, 0.25) is 0 Å². The Morgan fingerprint density at radius 1 is 0.913 bits per heavy atom. The maximum absolute atomic E-state index is 11.4. The zero-order chi connectivity index (χ0) is 16.8. The molecule has 5 nitrogen and oxygen atoms in total. The van der Waals surface area contributed by atoms with Crippen molar-refractivity contribution in [3.8, 4) is 17.2 Å². The molecule has 0 spiro atoms. The lowest BCUT2D eigenvalue weighted by Crippen LogP contribution is -2.00. The van der Waals surface area contributed by atoms with Gasteiger partial charge in [-0.1, -0.05) is 24.3 Å². The molecular weight excluding hydrogens is 296 g/mol. The summed E-state index contributed by atoms with van der Waals surface area (Å²) < 4.78 is 14.9. The van der Waals surface area contributed by atoms with Crippen LogP contribution in [0.5, 0.6) is 17.2 Å². The highest BCUT2D eigenvalue weighted by Crippen LogP contribution is 2.37. The molecule has 0 aliphatic heterocycles. The van der Waals surface area contributed by atoms with Crippen molar-refractivity contribution in [2.45, 2.75) is 0 Å². The number of aromatic hydroxyl groups is 1. The maximum Gasteiger partial charge on any atom is 0.337 e. The molecule has 0 bridgehead atoms. The van der Waals surface area contributed by atoms with Gasteiger partial charge in [0.15, 0.2) is 11.5 Å². The molecule has 120 valence electrons. The Hall–Kier alpha value is -2.95. The molecule has 0 unspecified atom stereocenters. The minimum absolute atomic E-state index is 0.0328. The molecule has 0 saturated carbocycles. The zero-order valence-corrected chi connectivity index (χ0v) is 13.2. The summed E-state index contributed by atoms with van der Waals surface area (Å²) in [6.45, 7) is 0. The average Bonchev–Trinajstić information content (AvgIpc) is 2.60. The molecule has 5 heteroatoms. The largest absolute Gasteiger partial charge is 0.502 e. The van der Waals surface area contributed by atoms with Crippen LogP contribution in [-0.2, 0) is 4.74 Å². The van der Waals surface area contributed by atoms with Gasteiger partial charge in [-0.3, -0.25) is 0 Å². The number of ether oxygens (including phenoxy) is 3. The van der Waals surface area contributed by atoms with E-state index in [0.29, 0.717) is 17.1 Å². The van der Waals surface area contributed by atoms with Gasteiger partial charge in [-0.15, -0.1) is 0 Å². The van der Waals surface area contributed by atoms with Gasteiger partial charge in [-0.05, 0) is 35.4 Å². The Morgan fingerprint density at radius 3 is 1.91 bits per heavy atom. The number of carbonyl (C=O) groups excluding carboxylic acids is 1. The van der Waals surface area contributed by atoms with Crippen molar-refractivity contribution in [1.29, 1.82) is 0 Å². The molecule has 1 N–H and O–H groups in total. The zero-order valence-electron chi connectivity index (χ0n) is 13.2. The minimum atomic E-state index is -0.367. The van der Waals surface area contributed by atoms with Gasteiger partial charge < -0.3 is 19.3 Å². The van der Waals surface area contributed by atoms with Crippen molar-refractivity contribution < 1.29 is 24.1 Å². The van der Waals surface area contributed by atoms with E-state index < -0.39 is 0 Å². The van der Waals surface area contributed by atoms with Gasteiger partial charge >= 0.3 is 5.97 Å². The van der Waals surface area contributed by atoms with Crippen molar-refractivity contribution in [3.05, 3.63) is 53.1 Å². The first-order chi connectivity index (χ1) is 11.1. The lowest BCUT2D eigenvalue weighted by atomic mass is 10.1. The molecule has 0 amide bonds. The number of phenolic OH excluding ortho intramolecular Hbond substituents is 1. The third-order valence-corrected chi connectivity index (χ3v) is 3.30. The monoisotopic (exact) mass is 314 g/mol. The topological polar surface area (TPSA) is 65.0 Å². The number of phenols is 1. The van der Waals surface area contributed by atoms with Gasteiger partial charge in [0.1, 0.15) is 0 Å². The van der Waals surface area contributed by atoms with Gasteiger partial charge in [-0.2, -0.15) is 0 Å². The van der Waals surface area contributed by atoms with E-state index >= 15 is 0 Å². The summed E-state index contributed by atoms with van der Waals surface area (Å²) in [6.07, 6.45) is 3.74. The van der Waals surface area contributed by atoms with Crippen molar-refractivity contribution >= 4 is 18.1 Å². The molecule has 2 aromatic carbocycles. The van der Waals surface area contributed by atoms with E-state index in [0.717, 1.165) is 11.1 Å². The predicted octanol–water partition coefficient (Wildman–Crippen LogP) is 3.37. The van der Waals surface area contributed by atoms with E-state index in [9.17, 15) is 9.90 Å². The molecule has 23 heavy (non-hydrogen) atoms. The number of methoxy groups -OCH3 is 3. The van der Waals surface area contributed by atoms with Crippen LogP contribution >= 0.6 is 0 Å². The third kappa shape index (κ3) is 3.83. The van der Waals surface area contributed by atoms with E-state index in [-0.39, 0.29) is 11.7 Å². The average molecular weight is 314 g/mol.